The third-order valence-corrected chi connectivity index (χ3v) is 5.15. The molecule has 0 unspecified atom stereocenters. The van der Waals surface area contributed by atoms with Gasteiger partial charge in [0.2, 0.25) is 11.8 Å². The first-order valence-corrected chi connectivity index (χ1v) is 9.00. The molecule has 0 radical (unpaired) electrons. The minimum atomic E-state index is -0.964. The van der Waals surface area contributed by atoms with Crippen molar-refractivity contribution in [3.05, 3.63) is 35.6 Å². The summed E-state index contributed by atoms with van der Waals surface area (Å²) in [7, 11) is 0. The zero-order chi connectivity index (χ0) is 18.0. The summed E-state index contributed by atoms with van der Waals surface area (Å²) in [5, 5.41) is 15.5. The highest BCUT2D eigenvalue weighted by atomic mass is 19.1. The molecule has 2 saturated carbocycles. The van der Waals surface area contributed by atoms with Crippen molar-refractivity contribution in [2.75, 3.05) is 0 Å². The highest BCUT2D eigenvalue weighted by molar-refractivity contribution is 5.90. The molecule has 5 nitrogen and oxygen atoms in total. The zero-order valence-corrected chi connectivity index (χ0v) is 14.4. The van der Waals surface area contributed by atoms with E-state index >= 15 is 0 Å². The molecule has 4 atom stereocenters. The summed E-state index contributed by atoms with van der Waals surface area (Å²) in [5.41, 5.74) is 1.000. The second-order valence-electron chi connectivity index (χ2n) is 7.21. The van der Waals surface area contributed by atoms with E-state index in [-0.39, 0.29) is 35.5 Å². The monoisotopic (exact) mass is 348 g/mol. The van der Waals surface area contributed by atoms with Crippen LogP contribution in [0.4, 0.5) is 4.39 Å². The average molecular weight is 348 g/mol. The third-order valence-electron chi connectivity index (χ3n) is 5.15. The fourth-order valence-electron chi connectivity index (χ4n) is 3.54. The molecule has 1 aromatic rings. The van der Waals surface area contributed by atoms with E-state index in [1.54, 1.807) is 12.1 Å². The molecule has 0 aliphatic heterocycles. The lowest BCUT2D eigenvalue weighted by molar-refractivity contribution is -0.132. The van der Waals surface area contributed by atoms with E-state index < -0.39 is 12.1 Å². The lowest BCUT2D eigenvalue weighted by Crippen LogP contribution is -2.55. The number of hydrogen-bond acceptors (Lipinski definition) is 3. The van der Waals surface area contributed by atoms with Crippen molar-refractivity contribution in [2.24, 2.45) is 5.92 Å². The van der Waals surface area contributed by atoms with Gasteiger partial charge < -0.3 is 15.7 Å². The lowest BCUT2D eigenvalue weighted by Gasteiger charge is -2.26. The Balaban J connectivity index is 1.64. The number of nitrogens with one attached hydrogen (secondary N) is 2. The van der Waals surface area contributed by atoms with Crippen LogP contribution in [-0.4, -0.2) is 35.1 Å². The van der Waals surface area contributed by atoms with Crippen molar-refractivity contribution in [1.82, 2.24) is 10.6 Å². The number of aliphatic hydroxyl groups is 1. The molecule has 25 heavy (non-hydrogen) atoms. The summed E-state index contributed by atoms with van der Waals surface area (Å²) in [4.78, 5) is 24.5. The smallest absolute Gasteiger partial charge is 0.245 e. The summed E-state index contributed by atoms with van der Waals surface area (Å²) >= 11 is 0. The summed E-state index contributed by atoms with van der Waals surface area (Å²) in [5.74, 6) is -0.698. The van der Waals surface area contributed by atoms with Gasteiger partial charge in [0, 0.05) is 17.9 Å². The maximum Gasteiger partial charge on any atom is 0.245 e. The summed E-state index contributed by atoms with van der Waals surface area (Å²) in [6.45, 7) is 1.50. The molecule has 0 aromatic heterocycles. The van der Waals surface area contributed by atoms with E-state index in [0.717, 1.165) is 37.7 Å². The Hall–Kier alpha value is -1.95. The number of aliphatic hydroxyl groups excluding tert-OH is 1. The molecule has 0 heterocycles. The molecule has 6 heteroatoms. The Morgan fingerprint density at radius 2 is 1.84 bits per heavy atom. The Labute approximate surface area is 147 Å². The molecule has 1 aromatic carbocycles. The highest BCUT2D eigenvalue weighted by Gasteiger charge is 2.36. The number of halogens is 1. The molecule has 3 rings (SSSR count). The predicted octanol–water partition coefficient (Wildman–Crippen LogP) is 1.85. The number of rotatable bonds is 6. The zero-order valence-electron chi connectivity index (χ0n) is 14.4. The van der Waals surface area contributed by atoms with Crippen molar-refractivity contribution in [1.29, 1.82) is 0 Å². The number of carbonyl (C=O) groups is 2. The second-order valence-corrected chi connectivity index (χ2v) is 7.21. The summed E-state index contributed by atoms with van der Waals surface area (Å²) in [6, 6.07) is 5.36. The molecule has 2 aliphatic rings. The number of hydrogen-bond donors (Lipinski definition) is 3. The van der Waals surface area contributed by atoms with Crippen LogP contribution < -0.4 is 10.6 Å². The molecular formula is C19H25FN2O3. The normalized spacial score (nSPS) is 25.2. The minimum absolute atomic E-state index is 0.0208. The van der Waals surface area contributed by atoms with E-state index in [1.807, 2.05) is 0 Å². The number of carbonyl (C=O) groups excluding carboxylic acids is 2. The van der Waals surface area contributed by atoms with Gasteiger partial charge >= 0.3 is 0 Å². The largest absolute Gasteiger partial charge is 0.391 e. The first-order valence-electron chi connectivity index (χ1n) is 9.00. The van der Waals surface area contributed by atoms with Gasteiger partial charge in [-0.05, 0) is 50.3 Å². The van der Waals surface area contributed by atoms with Crippen LogP contribution in [0.3, 0.4) is 0 Å². The number of benzene rings is 1. The molecule has 3 N–H and O–H groups in total. The Morgan fingerprint density at radius 1 is 1.16 bits per heavy atom. The van der Waals surface area contributed by atoms with Crippen molar-refractivity contribution in [3.63, 3.8) is 0 Å². The molecular weight excluding hydrogens is 323 g/mol. The SMILES string of the molecule is C[C@H](O)[C@H](NC(=O)C1CC1)C(=O)N[C@H]1CCC[C@H]1c1ccc(F)cc1. The van der Waals surface area contributed by atoms with Crippen molar-refractivity contribution >= 4 is 11.8 Å². The number of amides is 2. The van der Waals surface area contributed by atoms with Gasteiger partial charge in [-0.2, -0.15) is 0 Å². The molecule has 0 spiro atoms. The summed E-state index contributed by atoms with van der Waals surface area (Å²) in [6.07, 6.45) is 3.44. The average Bonchev–Trinajstić information content (AvgIpc) is 3.33. The van der Waals surface area contributed by atoms with Crippen molar-refractivity contribution in [3.8, 4) is 0 Å². The van der Waals surface area contributed by atoms with Crippen LogP contribution in [0.15, 0.2) is 24.3 Å². The molecule has 0 saturated heterocycles. The van der Waals surface area contributed by atoms with Gasteiger partial charge in [-0.15, -0.1) is 0 Å². The van der Waals surface area contributed by atoms with E-state index in [4.69, 9.17) is 0 Å². The van der Waals surface area contributed by atoms with Gasteiger partial charge in [0.25, 0.3) is 0 Å². The van der Waals surface area contributed by atoms with Gasteiger partial charge in [0.05, 0.1) is 6.10 Å². The lowest BCUT2D eigenvalue weighted by atomic mass is 9.93. The topological polar surface area (TPSA) is 78.4 Å². The van der Waals surface area contributed by atoms with E-state index in [2.05, 4.69) is 10.6 Å². The van der Waals surface area contributed by atoms with Crippen LogP contribution in [0, 0.1) is 11.7 Å². The minimum Gasteiger partial charge on any atom is -0.391 e. The van der Waals surface area contributed by atoms with Crippen LogP contribution in [0.25, 0.3) is 0 Å². The van der Waals surface area contributed by atoms with Gasteiger partial charge in [0.15, 0.2) is 0 Å². The first-order chi connectivity index (χ1) is 12.0. The molecule has 2 fully saturated rings. The molecule has 2 aliphatic carbocycles. The predicted molar refractivity (Wildman–Crippen MR) is 91.3 cm³/mol. The van der Waals surface area contributed by atoms with Crippen LogP contribution >= 0.6 is 0 Å². The van der Waals surface area contributed by atoms with E-state index in [9.17, 15) is 19.1 Å². The second kappa shape index (κ2) is 7.52. The fourth-order valence-corrected chi connectivity index (χ4v) is 3.54. The maximum atomic E-state index is 13.1. The van der Waals surface area contributed by atoms with Gasteiger partial charge in [-0.3, -0.25) is 9.59 Å². The molecule has 136 valence electrons. The van der Waals surface area contributed by atoms with Gasteiger partial charge in [-0.25, -0.2) is 4.39 Å². The standard InChI is InChI=1S/C19H25FN2O3/c1-11(23)17(22-18(24)13-5-6-13)19(25)21-16-4-2-3-15(16)12-7-9-14(20)10-8-12/h7-11,13,15-17,23H,2-6H2,1H3,(H,21,25)(H,22,24)/t11-,15-,16-,17-/m0/s1. The fraction of sp³-hybridized carbons (Fsp3) is 0.579. The third kappa shape index (κ3) is 4.37. The van der Waals surface area contributed by atoms with E-state index in [0.29, 0.717) is 0 Å². The molecule has 2 amide bonds. The van der Waals surface area contributed by atoms with Crippen molar-refractivity contribution in [2.45, 2.75) is 63.1 Å². The molecule has 0 bridgehead atoms. The van der Waals surface area contributed by atoms with Crippen molar-refractivity contribution < 1.29 is 19.1 Å². The Morgan fingerprint density at radius 3 is 2.44 bits per heavy atom. The Kier molecular flexibility index (Phi) is 5.37. The summed E-state index contributed by atoms with van der Waals surface area (Å²) < 4.78 is 13.1. The van der Waals surface area contributed by atoms with Crippen LogP contribution in [-0.2, 0) is 9.59 Å². The quantitative estimate of drug-likeness (QED) is 0.734. The van der Waals surface area contributed by atoms with Crippen LogP contribution in [0.2, 0.25) is 0 Å². The van der Waals surface area contributed by atoms with E-state index in [1.165, 1.54) is 19.1 Å². The van der Waals surface area contributed by atoms with Crippen LogP contribution in [0.5, 0.6) is 0 Å². The highest BCUT2D eigenvalue weighted by Crippen LogP contribution is 2.35. The van der Waals surface area contributed by atoms with Gasteiger partial charge in [-0.1, -0.05) is 18.6 Å². The maximum absolute atomic E-state index is 13.1. The van der Waals surface area contributed by atoms with Gasteiger partial charge in [0.1, 0.15) is 11.9 Å². The van der Waals surface area contributed by atoms with Crippen LogP contribution in [0.1, 0.15) is 50.5 Å². The first kappa shape index (κ1) is 17.9. The Bertz CT molecular complexity index is 628.